The van der Waals surface area contributed by atoms with Crippen LogP contribution in [0.15, 0.2) is 35.2 Å². The summed E-state index contributed by atoms with van der Waals surface area (Å²) >= 11 is 1.11. The molecule has 1 saturated heterocycles. The van der Waals surface area contributed by atoms with Gasteiger partial charge in [0.05, 0.1) is 17.1 Å². The molecule has 1 aromatic heterocycles. The zero-order valence-corrected chi connectivity index (χ0v) is 20.3. The maximum Gasteiger partial charge on any atom is 0.197 e. The summed E-state index contributed by atoms with van der Waals surface area (Å²) in [6, 6.07) is 1.30. The van der Waals surface area contributed by atoms with E-state index in [-0.39, 0.29) is 23.5 Å². The van der Waals surface area contributed by atoms with Crippen LogP contribution in [0.2, 0.25) is 0 Å². The molecule has 0 radical (unpaired) electrons. The van der Waals surface area contributed by atoms with E-state index < -0.39 is 70.6 Å². The van der Waals surface area contributed by atoms with E-state index in [0.717, 1.165) is 11.3 Å². The van der Waals surface area contributed by atoms with Gasteiger partial charge in [0.25, 0.3) is 0 Å². The summed E-state index contributed by atoms with van der Waals surface area (Å²) in [7, 11) is 0. The van der Waals surface area contributed by atoms with Gasteiger partial charge in [-0.3, -0.25) is 9.59 Å². The molecule has 4 fully saturated rings. The average Bonchev–Trinajstić information content (AvgIpc) is 3.47. The second kappa shape index (κ2) is 7.38. The Morgan fingerprint density at radius 2 is 2.09 bits per heavy atom. The normalized spacial score (nSPS) is 48.1. The van der Waals surface area contributed by atoms with Crippen molar-refractivity contribution in [1.29, 1.82) is 0 Å². The van der Waals surface area contributed by atoms with E-state index in [0.29, 0.717) is 18.4 Å². The number of hydrogen-bond donors (Lipinski definition) is 2. The molecule has 4 aliphatic carbocycles. The summed E-state index contributed by atoms with van der Waals surface area (Å²) in [6.45, 7) is 2.73. The average molecular weight is 507 g/mol. The number of carbonyl (C=O) groups excluding carboxylic acids is 2. The standard InChI is InChI=1S/C26H28F2O6S/c1-23-7-5-14(30)9-13(23)3-4-15-16-10-20-26(19(32)12-29,24(16,2)11-18(31)25(15,23)28)34-22(33-20)21-17(27)6-8-35-21/h5-9,15-16,18,20,22,29,31H,3-4,10-12H2,1-2H3/t15-,16-,18-,20+,22-,23-,24-,25-,26+/m0/s1. The lowest BCUT2D eigenvalue weighted by Crippen LogP contribution is -2.69. The predicted molar refractivity (Wildman–Crippen MR) is 122 cm³/mol. The Labute approximate surface area is 205 Å². The Hall–Kier alpha value is -1.78. The molecule has 0 aromatic carbocycles. The molecule has 9 heteroatoms. The first-order chi connectivity index (χ1) is 16.5. The highest BCUT2D eigenvalue weighted by Crippen LogP contribution is 2.72. The van der Waals surface area contributed by atoms with E-state index in [2.05, 4.69) is 0 Å². The molecule has 0 spiro atoms. The van der Waals surface area contributed by atoms with E-state index in [1.165, 1.54) is 18.2 Å². The van der Waals surface area contributed by atoms with Gasteiger partial charge in [-0.2, -0.15) is 0 Å². The van der Waals surface area contributed by atoms with Crippen molar-refractivity contribution >= 4 is 22.9 Å². The lowest BCUT2D eigenvalue weighted by Gasteiger charge is -2.62. The molecule has 3 saturated carbocycles. The van der Waals surface area contributed by atoms with E-state index >= 15 is 4.39 Å². The number of aliphatic hydroxyl groups is 2. The molecule has 0 bridgehead atoms. The van der Waals surface area contributed by atoms with Crippen molar-refractivity contribution in [2.24, 2.45) is 22.7 Å². The second-order valence-electron chi connectivity index (χ2n) is 11.0. The third-order valence-electron chi connectivity index (χ3n) is 9.80. The molecule has 0 amide bonds. The number of rotatable bonds is 3. The van der Waals surface area contributed by atoms with Crippen LogP contribution in [-0.4, -0.2) is 51.9 Å². The molecule has 1 aliphatic heterocycles. The van der Waals surface area contributed by atoms with Gasteiger partial charge in [0.1, 0.15) is 12.4 Å². The van der Waals surface area contributed by atoms with Crippen LogP contribution in [0, 0.1) is 28.5 Å². The molecule has 5 aliphatic rings. The highest BCUT2D eigenvalue weighted by atomic mass is 32.1. The minimum Gasteiger partial charge on any atom is -0.390 e. The van der Waals surface area contributed by atoms with Crippen LogP contribution < -0.4 is 0 Å². The first-order valence-corrected chi connectivity index (χ1v) is 12.9. The van der Waals surface area contributed by atoms with Gasteiger partial charge >= 0.3 is 0 Å². The molecule has 35 heavy (non-hydrogen) atoms. The number of Topliss-reactive ketones (excluding diaryl/α,β-unsaturated/α-hetero) is 1. The summed E-state index contributed by atoms with van der Waals surface area (Å²) in [6.07, 6.45) is 2.12. The van der Waals surface area contributed by atoms with Crippen molar-refractivity contribution in [2.45, 2.75) is 69.3 Å². The number of ether oxygens (including phenoxy) is 2. The summed E-state index contributed by atoms with van der Waals surface area (Å²) in [5, 5.41) is 23.0. The second-order valence-corrected chi connectivity index (χ2v) is 12.0. The zero-order chi connectivity index (χ0) is 25.0. The van der Waals surface area contributed by atoms with Crippen LogP contribution >= 0.6 is 11.3 Å². The largest absolute Gasteiger partial charge is 0.390 e. The van der Waals surface area contributed by atoms with Crippen LogP contribution in [0.3, 0.4) is 0 Å². The van der Waals surface area contributed by atoms with Gasteiger partial charge in [0.15, 0.2) is 29.1 Å². The number of allylic oxidation sites excluding steroid dienone is 4. The molecule has 188 valence electrons. The summed E-state index contributed by atoms with van der Waals surface area (Å²) in [5.41, 5.74) is -5.22. The Balaban J connectivity index is 1.44. The van der Waals surface area contributed by atoms with Gasteiger partial charge in [-0.05, 0) is 62.1 Å². The fourth-order valence-electron chi connectivity index (χ4n) is 8.16. The predicted octanol–water partition coefficient (Wildman–Crippen LogP) is 3.58. The SMILES string of the molecule is C[C@]12C=CC(=O)C=C1CC[C@H]1[C@@H]3C[C@H]4O[C@H](c5sccc5F)O[C@@]4(C(=O)CO)[C@@]3(C)C[C@H](O)[C@@]12F. The molecule has 6 nitrogen and oxygen atoms in total. The monoisotopic (exact) mass is 506 g/mol. The highest BCUT2D eigenvalue weighted by Gasteiger charge is 2.79. The first kappa shape index (κ1) is 23.6. The maximum absolute atomic E-state index is 17.3. The number of carbonyl (C=O) groups is 2. The van der Waals surface area contributed by atoms with E-state index in [1.54, 1.807) is 25.3 Å². The van der Waals surface area contributed by atoms with Crippen molar-refractivity contribution < 1.29 is 38.1 Å². The number of halogens is 2. The van der Waals surface area contributed by atoms with Crippen LogP contribution in [-0.2, 0) is 19.1 Å². The van der Waals surface area contributed by atoms with Crippen molar-refractivity contribution in [1.82, 2.24) is 0 Å². The first-order valence-electron chi connectivity index (χ1n) is 12.0. The lowest BCUT2D eigenvalue weighted by molar-refractivity contribution is -0.231. The van der Waals surface area contributed by atoms with Crippen molar-refractivity contribution in [3.8, 4) is 0 Å². The number of thiophene rings is 1. The molecule has 6 rings (SSSR count). The Bertz CT molecular complexity index is 1180. The maximum atomic E-state index is 17.3. The number of hydrogen-bond acceptors (Lipinski definition) is 7. The lowest BCUT2D eigenvalue weighted by atomic mass is 9.44. The van der Waals surface area contributed by atoms with Crippen LogP contribution in [0.25, 0.3) is 0 Å². The van der Waals surface area contributed by atoms with Gasteiger partial charge in [-0.1, -0.05) is 18.6 Å². The third kappa shape index (κ3) is 2.66. The molecule has 2 heterocycles. The summed E-state index contributed by atoms with van der Waals surface area (Å²) in [5.74, 6) is -2.32. The molecule has 2 N–H and O–H groups in total. The van der Waals surface area contributed by atoms with Gasteiger partial charge in [-0.25, -0.2) is 8.78 Å². The fraction of sp³-hybridized carbons (Fsp3) is 0.615. The molecular formula is C26H28F2O6S. The van der Waals surface area contributed by atoms with Gasteiger partial charge in [-0.15, -0.1) is 11.3 Å². The topological polar surface area (TPSA) is 93.1 Å². The Morgan fingerprint density at radius 1 is 1.31 bits per heavy atom. The van der Waals surface area contributed by atoms with Crippen molar-refractivity contribution in [3.05, 3.63) is 45.9 Å². The molecule has 1 aromatic rings. The van der Waals surface area contributed by atoms with Crippen LogP contribution in [0.4, 0.5) is 8.78 Å². The number of aliphatic hydroxyl groups excluding tert-OH is 2. The van der Waals surface area contributed by atoms with Gasteiger partial charge in [0.2, 0.25) is 0 Å². The van der Waals surface area contributed by atoms with E-state index in [4.69, 9.17) is 9.47 Å². The minimum atomic E-state index is -2.06. The molecule has 0 unspecified atom stereocenters. The number of fused-ring (bicyclic) bond motifs is 7. The Morgan fingerprint density at radius 3 is 2.77 bits per heavy atom. The van der Waals surface area contributed by atoms with Crippen LogP contribution in [0.1, 0.15) is 50.7 Å². The minimum absolute atomic E-state index is 0.0967. The van der Waals surface area contributed by atoms with E-state index in [9.17, 15) is 24.2 Å². The van der Waals surface area contributed by atoms with Crippen molar-refractivity contribution in [3.63, 3.8) is 0 Å². The molecule has 9 atom stereocenters. The summed E-state index contributed by atoms with van der Waals surface area (Å²) in [4.78, 5) is 25.6. The van der Waals surface area contributed by atoms with Crippen LogP contribution in [0.5, 0.6) is 0 Å². The summed E-state index contributed by atoms with van der Waals surface area (Å²) < 4.78 is 44.0. The quantitative estimate of drug-likeness (QED) is 0.651. The molecular weight excluding hydrogens is 478 g/mol. The third-order valence-corrected chi connectivity index (χ3v) is 10.7. The number of alkyl halides is 1. The fourth-order valence-corrected chi connectivity index (χ4v) is 8.89. The highest BCUT2D eigenvalue weighted by molar-refractivity contribution is 7.10. The smallest absolute Gasteiger partial charge is 0.197 e. The van der Waals surface area contributed by atoms with Gasteiger partial charge in [0, 0.05) is 16.7 Å². The number of ketones is 2. The Kier molecular flexibility index (Phi) is 4.98. The van der Waals surface area contributed by atoms with Gasteiger partial charge < -0.3 is 19.7 Å². The van der Waals surface area contributed by atoms with Crippen molar-refractivity contribution in [2.75, 3.05) is 6.61 Å². The van der Waals surface area contributed by atoms with E-state index in [1.807, 2.05) is 0 Å². The zero-order valence-electron chi connectivity index (χ0n) is 19.5.